The Morgan fingerprint density at radius 3 is 1.36 bits per heavy atom. The minimum atomic E-state index is -5.05. The molecule has 66 heavy (non-hydrogen) atoms. The first-order valence-electron chi connectivity index (χ1n) is 25.1. The summed E-state index contributed by atoms with van der Waals surface area (Å²) in [5, 5.41) is 50.3. The maximum atomic E-state index is 12.8. The van der Waals surface area contributed by atoms with Gasteiger partial charge in [-0.05, 0) is 89.9 Å². The predicted molar refractivity (Wildman–Crippen MR) is 267 cm³/mol. The van der Waals surface area contributed by atoms with Gasteiger partial charge in [0.25, 0.3) is 0 Å². The first-order valence-corrected chi connectivity index (χ1v) is 26.6. The Morgan fingerprint density at radius 2 is 0.894 bits per heavy atom. The van der Waals surface area contributed by atoms with Crippen LogP contribution in [0.3, 0.4) is 0 Å². The number of aliphatic hydroxyl groups excluding tert-OH is 5. The third-order valence-corrected chi connectivity index (χ3v) is 11.9. The summed E-state index contributed by atoms with van der Waals surface area (Å²) in [7, 11) is -5.05. The zero-order valence-corrected chi connectivity index (χ0v) is 41.3. The average molecular weight is 949 g/mol. The van der Waals surface area contributed by atoms with E-state index in [0.29, 0.717) is 19.4 Å². The Balaban J connectivity index is 2.42. The van der Waals surface area contributed by atoms with Crippen LogP contribution in [0.2, 0.25) is 0 Å². The van der Waals surface area contributed by atoms with Crippen LogP contribution in [0.25, 0.3) is 0 Å². The molecule has 0 saturated heterocycles. The van der Waals surface area contributed by atoms with Gasteiger partial charge in [0.2, 0.25) is 0 Å². The Morgan fingerprint density at radius 1 is 0.500 bits per heavy atom. The Kier molecular flexibility index (Phi) is 39.3. The van der Waals surface area contributed by atoms with Gasteiger partial charge < -0.3 is 39.9 Å². The minimum absolute atomic E-state index is 0.124. The summed E-state index contributed by atoms with van der Waals surface area (Å²) >= 11 is 0. The highest BCUT2D eigenvalue weighted by Crippen LogP contribution is 2.47. The molecule has 0 bridgehead atoms. The third kappa shape index (κ3) is 33.7. The molecular weight excluding hydrogens is 860 g/mol. The highest BCUT2D eigenvalue weighted by molar-refractivity contribution is 7.47. The number of hydrogen-bond donors (Lipinski definition) is 6. The molecule has 1 rings (SSSR count). The number of rotatable bonds is 41. The van der Waals surface area contributed by atoms with Crippen LogP contribution in [0.1, 0.15) is 168 Å². The van der Waals surface area contributed by atoms with E-state index in [1.165, 1.54) is 51.4 Å². The van der Waals surface area contributed by atoms with Crippen LogP contribution in [0.4, 0.5) is 0 Å². The van der Waals surface area contributed by atoms with Crippen LogP contribution in [0, 0.1) is 0 Å². The van der Waals surface area contributed by atoms with Crippen molar-refractivity contribution < 1.29 is 58.3 Å². The average Bonchev–Trinajstić information content (AvgIpc) is 3.30. The van der Waals surface area contributed by atoms with Crippen molar-refractivity contribution in [2.45, 2.75) is 211 Å². The van der Waals surface area contributed by atoms with Crippen molar-refractivity contribution in [3.63, 3.8) is 0 Å². The summed E-state index contributed by atoms with van der Waals surface area (Å²) in [6, 6.07) is 0. The molecular formula is C53H89O12P. The standard InChI is InChI=1S/C53H89O12P/c1-3-5-7-9-11-13-15-17-19-21-23-25-27-29-31-33-35-37-39-41-43-62-44-46(45-63-66(60,61)65-53-51(58)49(56)48(55)50(57)52(53)59)64-47(54)42-40-38-36-34-32-30-28-26-24-22-20-18-16-14-12-10-8-6-4-2/h5,7,11-14,17-20,23,25,29,31,35,37,46,48-53,55-59H,3-4,6,8-10,15-16,21-22,24,26-28,30,32-34,36,38-45H2,1-2H3,(H,60,61)/b7-5-,13-11-,14-12-,19-17-,20-18-,25-23-,31-29-,37-35-. The van der Waals surface area contributed by atoms with Crippen molar-refractivity contribution in [3.8, 4) is 0 Å². The fourth-order valence-corrected chi connectivity index (χ4v) is 7.96. The van der Waals surface area contributed by atoms with E-state index >= 15 is 0 Å². The zero-order valence-electron chi connectivity index (χ0n) is 40.5. The van der Waals surface area contributed by atoms with Crippen molar-refractivity contribution >= 4 is 13.8 Å². The van der Waals surface area contributed by atoms with Gasteiger partial charge in [-0.2, -0.15) is 0 Å². The summed E-state index contributed by atoms with van der Waals surface area (Å²) in [5.74, 6) is -0.505. The van der Waals surface area contributed by atoms with E-state index in [9.17, 15) is 39.8 Å². The molecule has 1 aliphatic carbocycles. The van der Waals surface area contributed by atoms with Gasteiger partial charge in [0, 0.05) is 13.0 Å². The molecule has 0 aromatic heterocycles. The number of aliphatic hydroxyl groups is 5. The summed E-state index contributed by atoms with van der Waals surface area (Å²) in [5.41, 5.74) is 0. The van der Waals surface area contributed by atoms with Crippen LogP contribution < -0.4 is 0 Å². The van der Waals surface area contributed by atoms with Crippen LogP contribution in [-0.2, 0) is 27.9 Å². The molecule has 378 valence electrons. The SMILES string of the molecule is CC/C=C\C/C=C\C/C=C\C/C=C\C/C=C\C/C=C\CCCOCC(COP(=O)(O)OC1C(O)C(O)C(O)C(O)C1O)OC(=O)CCCCCCCCCCC/C=C\C/C=C\CCCCC. The Hall–Kier alpha value is -2.74. The van der Waals surface area contributed by atoms with Crippen LogP contribution >= 0.6 is 7.82 Å². The molecule has 12 nitrogen and oxygen atoms in total. The van der Waals surface area contributed by atoms with Crippen molar-refractivity contribution in [3.05, 3.63) is 97.2 Å². The molecule has 0 spiro atoms. The minimum Gasteiger partial charge on any atom is -0.457 e. The topological polar surface area (TPSA) is 192 Å². The van der Waals surface area contributed by atoms with Crippen LogP contribution in [0.5, 0.6) is 0 Å². The molecule has 0 heterocycles. The van der Waals surface area contributed by atoms with Crippen molar-refractivity contribution in [1.29, 1.82) is 0 Å². The fourth-order valence-electron chi connectivity index (χ4n) is 6.99. The van der Waals surface area contributed by atoms with Crippen molar-refractivity contribution in [2.24, 2.45) is 0 Å². The Labute approximate surface area is 398 Å². The lowest BCUT2D eigenvalue weighted by atomic mass is 9.85. The highest BCUT2D eigenvalue weighted by Gasteiger charge is 2.51. The fraction of sp³-hybridized carbons (Fsp3) is 0.679. The predicted octanol–water partition coefficient (Wildman–Crippen LogP) is 11.1. The number of unbranched alkanes of at least 4 members (excludes halogenated alkanes) is 13. The summed E-state index contributed by atoms with van der Waals surface area (Å²) in [6.45, 7) is 3.97. The first kappa shape index (κ1) is 61.3. The molecule has 0 aliphatic heterocycles. The number of carbonyl (C=O) groups is 1. The van der Waals surface area contributed by atoms with Crippen molar-refractivity contribution in [2.75, 3.05) is 19.8 Å². The van der Waals surface area contributed by atoms with Gasteiger partial charge in [-0.3, -0.25) is 13.8 Å². The smallest absolute Gasteiger partial charge is 0.457 e. The van der Waals surface area contributed by atoms with Crippen molar-refractivity contribution in [1.82, 2.24) is 0 Å². The van der Waals surface area contributed by atoms with E-state index in [-0.39, 0.29) is 13.0 Å². The lowest BCUT2D eigenvalue weighted by Crippen LogP contribution is -2.64. The van der Waals surface area contributed by atoms with E-state index in [4.69, 9.17) is 18.5 Å². The number of phosphoric acid groups is 1. The molecule has 13 heteroatoms. The monoisotopic (exact) mass is 949 g/mol. The number of phosphoric ester groups is 1. The summed E-state index contributed by atoms with van der Waals surface area (Å²) < 4.78 is 34.2. The highest BCUT2D eigenvalue weighted by atomic mass is 31.2. The number of hydrogen-bond acceptors (Lipinski definition) is 11. The van der Waals surface area contributed by atoms with Gasteiger partial charge in [0.1, 0.15) is 42.7 Å². The maximum absolute atomic E-state index is 12.8. The lowest BCUT2D eigenvalue weighted by Gasteiger charge is -2.41. The van der Waals surface area contributed by atoms with Gasteiger partial charge in [-0.1, -0.05) is 169 Å². The molecule has 1 aliphatic rings. The summed E-state index contributed by atoms with van der Waals surface area (Å²) in [4.78, 5) is 23.2. The maximum Gasteiger partial charge on any atom is 0.472 e. The third-order valence-electron chi connectivity index (χ3n) is 10.9. The normalized spacial score (nSPS) is 22.2. The van der Waals surface area contributed by atoms with Gasteiger partial charge in [0.15, 0.2) is 0 Å². The molecule has 1 fully saturated rings. The van der Waals surface area contributed by atoms with Gasteiger partial charge in [0.05, 0.1) is 13.2 Å². The number of esters is 1. The molecule has 1 saturated carbocycles. The molecule has 6 N–H and O–H groups in total. The number of ether oxygens (including phenoxy) is 2. The van der Waals surface area contributed by atoms with Crippen LogP contribution in [0.15, 0.2) is 97.2 Å². The lowest BCUT2D eigenvalue weighted by molar-refractivity contribution is -0.220. The Bertz CT molecular complexity index is 1450. The van der Waals surface area contributed by atoms with E-state index < -0.39 is 63.1 Å². The van der Waals surface area contributed by atoms with E-state index in [0.717, 1.165) is 83.5 Å². The molecule has 0 radical (unpaired) electrons. The van der Waals surface area contributed by atoms with Crippen LogP contribution in [-0.4, -0.2) is 98.9 Å². The second-order valence-corrected chi connectivity index (χ2v) is 18.3. The number of carbonyl (C=O) groups excluding carboxylic acids is 1. The molecule has 0 aromatic carbocycles. The van der Waals surface area contributed by atoms with E-state index in [1.807, 2.05) is 0 Å². The quantitative estimate of drug-likeness (QED) is 0.0147. The first-order chi connectivity index (χ1) is 32.0. The second kappa shape index (κ2) is 42.4. The number of allylic oxidation sites excluding steroid dienone is 16. The second-order valence-electron chi connectivity index (χ2n) is 16.9. The van der Waals surface area contributed by atoms with E-state index in [2.05, 4.69) is 111 Å². The molecule has 0 aromatic rings. The molecule has 6 unspecified atom stereocenters. The summed E-state index contributed by atoms with van der Waals surface area (Å²) in [6.07, 6.45) is 46.2. The zero-order chi connectivity index (χ0) is 48.4. The van der Waals surface area contributed by atoms with Gasteiger partial charge in [-0.25, -0.2) is 4.57 Å². The van der Waals surface area contributed by atoms with Gasteiger partial charge in [-0.15, -0.1) is 0 Å². The molecule has 6 atom stereocenters. The van der Waals surface area contributed by atoms with Gasteiger partial charge >= 0.3 is 13.8 Å². The van der Waals surface area contributed by atoms with E-state index in [1.54, 1.807) is 0 Å². The largest absolute Gasteiger partial charge is 0.472 e. The molecule has 0 amide bonds.